The number of carboxylic acids is 1. The first kappa shape index (κ1) is 17.7. The first-order chi connectivity index (χ1) is 10.9. The minimum Gasteiger partial charge on any atom is -0.481 e. The second-order valence-electron chi connectivity index (χ2n) is 5.37. The molecule has 2 unspecified atom stereocenters. The number of carboxylic acid groups (broad SMARTS) is 1. The highest BCUT2D eigenvalue weighted by Gasteiger charge is 2.26. The van der Waals surface area contributed by atoms with Crippen LogP contribution in [0.5, 0.6) is 0 Å². The Labute approximate surface area is 143 Å². The molecule has 0 aromatic heterocycles. The molecular formula is C17H17Cl2FNO2+. The molecule has 122 valence electrons. The Hall–Kier alpha value is -1.62. The monoisotopic (exact) mass is 356 g/mol. The van der Waals surface area contributed by atoms with Crippen LogP contribution in [0.2, 0.25) is 10.0 Å². The van der Waals surface area contributed by atoms with Crippen LogP contribution in [0, 0.1) is 5.82 Å². The summed E-state index contributed by atoms with van der Waals surface area (Å²) < 4.78 is 13.4. The molecule has 23 heavy (non-hydrogen) atoms. The van der Waals surface area contributed by atoms with E-state index in [4.69, 9.17) is 28.3 Å². The van der Waals surface area contributed by atoms with E-state index in [1.54, 1.807) is 18.2 Å². The molecular weight excluding hydrogens is 340 g/mol. The molecule has 0 saturated carbocycles. The van der Waals surface area contributed by atoms with Crippen LogP contribution >= 0.6 is 23.2 Å². The molecule has 0 bridgehead atoms. The van der Waals surface area contributed by atoms with Crippen molar-refractivity contribution in [1.82, 2.24) is 0 Å². The van der Waals surface area contributed by atoms with E-state index < -0.39 is 11.8 Å². The highest BCUT2D eigenvalue weighted by atomic mass is 35.5. The average Bonchev–Trinajstić information content (AvgIpc) is 2.51. The molecule has 0 saturated heterocycles. The third-order valence-corrected chi connectivity index (χ3v) is 4.37. The summed E-state index contributed by atoms with van der Waals surface area (Å²) >= 11 is 11.8. The molecule has 3 nitrogen and oxygen atoms in total. The number of rotatable bonds is 6. The van der Waals surface area contributed by atoms with E-state index >= 15 is 0 Å². The SMILES string of the molecule is [NH3+]C(c1ccc(Cl)cc1)C(CCC(=O)O)c1ccc(F)c(Cl)c1. The molecule has 2 aromatic carbocycles. The Kier molecular flexibility index (Phi) is 5.99. The van der Waals surface area contributed by atoms with Crippen molar-refractivity contribution < 1.29 is 20.0 Å². The van der Waals surface area contributed by atoms with E-state index in [1.165, 1.54) is 12.1 Å². The Bertz CT molecular complexity index is 691. The molecule has 0 amide bonds. The number of benzene rings is 2. The quantitative estimate of drug-likeness (QED) is 0.819. The molecule has 4 N–H and O–H groups in total. The summed E-state index contributed by atoms with van der Waals surface area (Å²) in [6, 6.07) is 11.5. The van der Waals surface area contributed by atoms with Crippen LogP contribution in [0.1, 0.15) is 35.9 Å². The number of halogens is 3. The number of hydrogen-bond acceptors (Lipinski definition) is 1. The van der Waals surface area contributed by atoms with Crippen molar-refractivity contribution in [3.05, 3.63) is 69.5 Å². The smallest absolute Gasteiger partial charge is 0.303 e. The number of aliphatic carboxylic acids is 1. The summed E-state index contributed by atoms with van der Waals surface area (Å²) in [5, 5.41) is 9.61. The normalized spacial score (nSPS) is 13.6. The molecule has 0 aliphatic heterocycles. The summed E-state index contributed by atoms with van der Waals surface area (Å²) in [5.41, 5.74) is 5.88. The maximum Gasteiger partial charge on any atom is 0.303 e. The van der Waals surface area contributed by atoms with Gasteiger partial charge in [0.1, 0.15) is 11.9 Å². The van der Waals surface area contributed by atoms with Crippen LogP contribution in [0.4, 0.5) is 4.39 Å². The largest absolute Gasteiger partial charge is 0.481 e. The van der Waals surface area contributed by atoms with E-state index in [-0.39, 0.29) is 23.4 Å². The summed E-state index contributed by atoms with van der Waals surface area (Å²) in [5.74, 6) is -1.57. The summed E-state index contributed by atoms with van der Waals surface area (Å²) in [6.07, 6.45) is 0.382. The van der Waals surface area contributed by atoms with Gasteiger partial charge in [-0.05, 0) is 36.2 Å². The maximum absolute atomic E-state index is 13.4. The lowest BCUT2D eigenvalue weighted by Crippen LogP contribution is -2.56. The standard InChI is InChI=1S/C17H16Cl2FNO2/c18-12-4-1-10(2-5-12)17(21)13(6-8-16(22)23)11-3-7-15(20)14(19)9-11/h1-5,7,9,13,17H,6,8,21H2,(H,22,23)/p+1. The van der Waals surface area contributed by atoms with Crippen LogP contribution in [-0.4, -0.2) is 11.1 Å². The van der Waals surface area contributed by atoms with Gasteiger partial charge in [-0.25, -0.2) is 4.39 Å². The fourth-order valence-corrected chi connectivity index (χ4v) is 2.88. The zero-order chi connectivity index (χ0) is 17.0. The highest BCUT2D eigenvalue weighted by molar-refractivity contribution is 6.31. The van der Waals surface area contributed by atoms with E-state index in [2.05, 4.69) is 5.73 Å². The van der Waals surface area contributed by atoms with Crippen LogP contribution in [0.3, 0.4) is 0 Å². The lowest BCUT2D eigenvalue weighted by atomic mass is 9.84. The average molecular weight is 357 g/mol. The van der Waals surface area contributed by atoms with Gasteiger partial charge in [-0.3, -0.25) is 4.79 Å². The van der Waals surface area contributed by atoms with Gasteiger partial charge < -0.3 is 10.8 Å². The molecule has 6 heteroatoms. The van der Waals surface area contributed by atoms with Gasteiger partial charge in [0, 0.05) is 22.9 Å². The van der Waals surface area contributed by atoms with E-state index in [0.29, 0.717) is 11.4 Å². The third-order valence-electron chi connectivity index (χ3n) is 3.82. The van der Waals surface area contributed by atoms with Crippen molar-refractivity contribution in [3.63, 3.8) is 0 Å². The molecule has 2 atom stereocenters. The van der Waals surface area contributed by atoms with E-state index in [1.807, 2.05) is 12.1 Å². The van der Waals surface area contributed by atoms with Gasteiger partial charge in [-0.1, -0.05) is 41.4 Å². The van der Waals surface area contributed by atoms with Gasteiger partial charge in [-0.2, -0.15) is 0 Å². The van der Waals surface area contributed by atoms with Crippen LogP contribution in [-0.2, 0) is 4.79 Å². The molecule has 0 spiro atoms. The number of carbonyl (C=O) groups is 1. The Morgan fingerprint density at radius 1 is 1.13 bits per heavy atom. The van der Waals surface area contributed by atoms with Crippen molar-refractivity contribution in [2.45, 2.75) is 24.8 Å². The maximum atomic E-state index is 13.4. The Morgan fingerprint density at radius 2 is 1.74 bits per heavy atom. The molecule has 0 aliphatic carbocycles. The summed E-state index contributed by atoms with van der Waals surface area (Å²) in [6.45, 7) is 0. The molecule has 0 aliphatic rings. The molecule has 2 aromatic rings. The lowest BCUT2D eigenvalue weighted by Gasteiger charge is -2.22. The zero-order valence-electron chi connectivity index (χ0n) is 12.3. The minimum atomic E-state index is -0.883. The van der Waals surface area contributed by atoms with Crippen LogP contribution < -0.4 is 5.73 Å². The van der Waals surface area contributed by atoms with Crippen LogP contribution in [0.15, 0.2) is 42.5 Å². The van der Waals surface area contributed by atoms with Gasteiger partial charge in [0.15, 0.2) is 0 Å². The second kappa shape index (κ2) is 7.77. The fourth-order valence-electron chi connectivity index (χ4n) is 2.56. The fraction of sp³-hybridized carbons (Fsp3) is 0.235. The lowest BCUT2D eigenvalue weighted by molar-refractivity contribution is -0.433. The minimum absolute atomic E-state index is 0.000722. The summed E-state index contributed by atoms with van der Waals surface area (Å²) in [4.78, 5) is 10.9. The van der Waals surface area contributed by atoms with Crippen molar-refractivity contribution >= 4 is 29.2 Å². The van der Waals surface area contributed by atoms with Crippen molar-refractivity contribution in [2.24, 2.45) is 0 Å². The van der Waals surface area contributed by atoms with Gasteiger partial charge in [0.2, 0.25) is 0 Å². The van der Waals surface area contributed by atoms with Gasteiger partial charge >= 0.3 is 5.97 Å². The Morgan fingerprint density at radius 3 is 2.30 bits per heavy atom. The first-order valence-corrected chi connectivity index (χ1v) is 7.89. The van der Waals surface area contributed by atoms with E-state index in [0.717, 1.165) is 11.1 Å². The number of hydrogen-bond donors (Lipinski definition) is 2. The van der Waals surface area contributed by atoms with Crippen molar-refractivity contribution in [3.8, 4) is 0 Å². The summed E-state index contributed by atoms with van der Waals surface area (Å²) in [7, 11) is 0. The molecule has 0 heterocycles. The Balaban J connectivity index is 2.33. The molecule has 0 radical (unpaired) electrons. The number of quaternary nitrogens is 1. The van der Waals surface area contributed by atoms with Gasteiger partial charge in [-0.15, -0.1) is 0 Å². The topological polar surface area (TPSA) is 64.9 Å². The van der Waals surface area contributed by atoms with Crippen molar-refractivity contribution in [2.75, 3.05) is 0 Å². The predicted octanol–water partition coefficient (Wildman–Crippen LogP) is 4.06. The molecule has 0 fully saturated rings. The third kappa shape index (κ3) is 4.67. The first-order valence-electron chi connectivity index (χ1n) is 7.13. The van der Waals surface area contributed by atoms with E-state index in [9.17, 15) is 9.18 Å². The van der Waals surface area contributed by atoms with Crippen LogP contribution in [0.25, 0.3) is 0 Å². The van der Waals surface area contributed by atoms with Gasteiger partial charge in [0.25, 0.3) is 0 Å². The van der Waals surface area contributed by atoms with Gasteiger partial charge in [0.05, 0.1) is 5.02 Å². The predicted molar refractivity (Wildman–Crippen MR) is 88.1 cm³/mol. The highest BCUT2D eigenvalue weighted by Crippen LogP contribution is 2.34. The second-order valence-corrected chi connectivity index (χ2v) is 6.21. The zero-order valence-corrected chi connectivity index (χ0v) is 13.8. The van der Waals surface area contributed by atoms with Crippen molar-refractivity contribution in [1.29, 1.82) is 0 Å². The molecule has 2 rings (SSSR count).